The molecule has 0 nitrogen and oxygen atoms in total. The fourth-order valence-electron chi connectivity index (χ4n) is 1.99. The molecule has 0 aromatic carbocycles. The van der Waals surface area contributed by atoms with Crippen molar-refractivity contribution < 1.29 is 0 Å². The monoisotopic (exact) mass is 152 g/mol. The summed E-state index contributed by atoms with van der Waals surface area (Å²) in [7, 11) is 0. The number of hydrogen-bond acceptors (Lipinski definition) is 0. The average Bonchev–Trinajstić information content (AvgIpc) is 1.82. The Morgan fingerprint density at radius 3 is 1.64 bits per heavy atom. The van der Waals surface area contributed by atoms with Crippen molar-refractivity contribution in [3.05, 3.63) is 11.1 Å². The molecule has 0 aromatic heterocycles. The maximum atomic E-state index is 2.36. The summed E-state index contributed by atoms with van der Waals surface area (Å²) in [6.45, 7) is 13.9. The first kappa shape index (κ1) is 8.83. The first-order chi connectivity index (χ1) is 4.79. The van der Waals surface area contributed by atoms with E-state index in [1.54, 1.807) is 5.57 Å². The van der Waals surface area contributed by atoms with Gasteiger partial charge in [-0.25, -0.2) is 0 Å². The van der Waals surface area contributed by atoms with E-state index >= 15 is 0 Å². The fourth-order valence-corrected chi connectivity index (χ4v) is 1.99. The average molecular weight is 152 g/mol. The summed E-state index contributed by atoms with van der Waals surface area (Å²) < 4.78 is 0. The molecule has 0 aromatic rings. The van der Waals surface area contributed by atoms with Crippen LogP contribution in [0.25, 0.3) is 0 Å². The van der Waals surface area contributed by atoms with Gasteiger partial charge in [-0.15, -0.1) is 0 Å². The molecular weight excluding hydrogens is 132 g/mol. The standard InChI is InChI=1S/C11H20/c1-8(2)9-7-10(3,4)11(9,5)6/h7H2,1-6H3. The van der Waals surface area contributed by atoms with Crippen molar-refractivity contribution in [2.24, 2.45) is 10.8 Å². The van der Waals surface area contributed by atoms with Crippen LogP contribution in [0.2, 0.25) is 0 Å². The SMILES string of the molecule is CC(C)=C1CC(C)(C)C1(C)C. The Balaban J connectivity index is 2.95. The summed E-state index contributed by atoms with van der Waals surface area (Å²) in [5.74, 6) is 0. The molecule has 0 spiro atoms. The van der Waals surface area contributed by atoms with Gasteiger partial charge in [0.15, 0.2) is 0 Å². The van der Waals surface area contributed by atoms with E-state index in [-0.39, 0.29) is 0 Å². The fraction of sp³-hybridized carbons (Fsp3) is 0.818. The van der Waals surface area contributed by atoms with Crippen molar-refractivity contribution in [1.82, 2.24) is 0 Å². The van der Waals surface area contributed by atoms with E-state index in [0.29, 0.717) is 10.8 Å². The first-order valence-corrected chi connectivity index (χ1v) is 4.46. The van der Waals surface area contributed by atoms with Crippen molar-refractivity contribution in [2.75, 3.05) is 0 Å². The topological polar surface area (TPSA) is 0 Å². The summed E-state index contributed by atoms with van der Waals surface area (Å²) >= 11 is 0. The van der Waals surface area contributed by atoms with Gasteiger partial charge in [-0.1, -0.05) is 38.8 Å². The maximum absolute atomic E-state index is 2.36. The summed E-state index contributed by atoms with van der Waals surface area (Å²) in [5, 5.41) is 0. The lowest BCUT2D eigenvalue weighted by Gasteiger charge is -2.55. The van der Waals surface area contributed by atoms with Crippen LogP contribution in [0.4, 0.5) is 0 Å². The molecule has 1 aliphatic rings. The van der Waals surface area contributed by atoms with E-state index in [1.165, 1.54) is 12.0 Å². The molecule has 0 saturated heterocycles. The van der Waals surface area contributed by atoms with Crippen molar-refractivity contribution >= 4 is 0 Å². The molecule has 0 bridgehead atoms. The van der Waals surface area contributed by atoms with Crippen LogP contribution >= 0.6 is 0 Å². The number of hydrogen-bond donors (Lipinski definition) is 0. The summed E-state index contributed by atoms with van der Waals surface area (Å²) in [4.78, 5) is 0. The van der Waals surface area contributed by atoms with Gasteiger partial charge in [0.1, 0.15) is 0 Å². The van der Waals surface area contributed by atoms with Gasteiger partial charge in [-0.05, 0) is 31.1 Å². The molecule has 1 rings (SSSR count). The highest BCUT2D eigenvalue weighted by molar-refractivity contribution is 5.31. The largest absolute Gasteiger partial charge is 0.0766 e. The van der Waals surface area contributed by atoms with E-state index in [0.717, 1.165) is 0 Å². The lowest BCUT2D eigenvalue weighted by Crippen LogP contribution is -2.45. The second-order valence-electron chi connectivity index (χ2n) is 5.16. The summed E-state index contributed by atoms with van der Waals surface area (Å²) in [5.41, 5.74) is 4.14. The minimum Gasteiger partial charge on any atom is -0.0766 e. The molecule has 0 radical (unpaired) electrons. The van der Waals surface area contributed by atoms with E-state index < -0.39 is 0 Å². The lowest BCUT2D eigenvalue weighted by atomic mass is 9.49. The molecular formula is C11H20. The van der Waals surface area contributed by atoms with Crippen molar-refractivity contribution in [3.8, 4) is 0 Å². The second kappa shape index (κ2) is 2.12. The molecule has 1 saturated carbocycles. The highest BCUT2D eigenvalue weighted by Crippen LogP contribution is 2.60. The third kappa shape index (κ3) is 1.04. The van der Waals surface area contributed by atoms with Crippen LogP contribution in [-0.2, 0) is 0 Å². The van der Waals surface area contributed by atoms with Gasteiger partial charge in [-0.2, -0.15) is 0 Å². The Morgan fingerprint density at radius 2 is 1.55 bits per heavy atom. The normalized spacial score (nSPS) is 26.2. The molecule has 0 heterocycles. The van der Waals surface area contributed by atoms with Crippen molar-refractivity contribution in [2.45, 2.75) is 48.0 Å². The molecule has 1 aliphatic carbocycles. The zero-order chi connectivity index (χ0) is 8.86. The predicted molar refractivity (Wildman–Crippen MR) is 50.6 cm³/mol. The molecule has 64 valence electrons. The molecule has 0 heteroatoms. The Morgan fingerprint density at radius 1 is 1.09 bits per heavy atom. The Hall–Kier alpha value is -0.260. The van der Waals surface area contributed by atoms with Gasteiger partial charge in [0.05, 0.1) is 0 Å². The van der Waals surface area contributed by atoms with Gasteiger partial charge in [0.25, 0.3) is 0 Å². The highest BCUT2D eigenvalue weighted by atomic mass is 14.5. The van der Waals surface area contributed by atoms with Gasteiger partial charge >= 0.3 is 0 Å². The van der Waals surface area contributed by atoms with Gasteiger partial charge in [0.2, 0.25) is 0 Å². The molecule has 1 fully saturated rings. The predicted octanol–water partition coefficient (Wildman–Crippen LogP) is 3.78. The number of rotatable bonds is 0. The third-order valence-electron chi connectivity index (χ3n) is 3.67. The van der Waals surface area contributed by atoms with Crippen molar-refractivity contribution in [3.63, 3.8) is 0 Å². The van der Waals surface area contributed by atoms with E-state index in [2.05, 4.69) is 41.5 Å². The summed E-state index contributed by atoms with van der Waals surface area (Å²) in [6, 6.07) is 0. The van der Waals surface area contributed by atoms with Crippen LogP contribution < -0.4 is 0 Å². The zero-order valence-corrected chi connectivity index (χ0v) is 8.71. The van der Waals surface area contributed by atoms with Crippen LogP contribution in [0, 0.1) is 10.8 Å². The van der Waals surface area contributed by atoms with E-state index in [9.17, 15) is 0 Å². The van der Waals surface area contributed by atoms with Gasteiger partial charge in [-0.3, -0.25) is 0 Å². The van der Waals surface area contributed by atoms with E-state index in [1.807, 2.05) is 0 Å². The van der Waals surface area contributed by atoms with Crippen LogP contribution in [0.15, 0.2) is 11.1 Å². The van der Waals surface area contributed by atoms with Crippen molar-refractivity contribution in [1.29, 1.82) is 0 Å². The summed E-state index contributed by atoms with van der Waals surface area (Å²) in [6.07, 6.45) is 1.29. The minimum absolute atomic E-state index is 0.436. The van der Waals surface area contributed by atoms with Crippen LogP contribution in [0.3, 0.4) is 0 Å². The molecule has 0 amide bonds. The quantitative estimate of drug-likeness (QED) is 0.463. The Bertz CT molecular complexity index is 200. The maximum Gasteiger partial charge on any atom is -0.00878 e. The molecule has 0 aliphatic heterocycles. The second-order valence-corrected chi connectivity index (χ2v) is 5.16. The lowest BCUT2D eigenvalue weighted by molar-refractivity contribution is 0.0616. The van der Waals surface area contributed by atoms with Gasteiger partial charge in [0, 0.05) is 0 Å². The molecule has 11 heavy (non-hydrogen) atoms. The molecule has 0 unspecified atom stereocenters. The Kier molecular flexibility index (Phi) is 1.70. The highest BCUT2D eigenvalue weighted by Gasteiger charge is 2.49. The van der Waals surface area contributed by atoms with Crippen LogP contribution in [-0.4, -0.2) is 0 Å². The van der Waals surface area contributed by atoms with E-state index in [4.69, 9.17) is 0 Å². The zero-order valence-electron chi connectivity index (χ0n) is 8.71. The Labute approximate surface area is 70.7 Å². The number of allylic oxidation sites excluding steroid dienone is 2. The van der Waals surface area contributed by atoms with Crippen LogP contribution in [0.5, 0.6) is 0 Å². The van der Waals surface area contributed by atoms with Crippen LogP contribution in [0.1, 0.15) is 48.0 Å². The van der Waals surface area contributed by atoms with Gasteiger partial charge < -0.3 is 0 Å². The third-order valence-corrected chi connectivity index (χ3v) is 3.67. The molecule has 0 atom stereocenters. The molecule has 0 N–H and O–H groups in total. The smallest absolute Gasteiger partial charge is 0.00878 e. The minimum atomic E-state index is 0.436. The first-order valence-electron chi connectivity index (χ1n) is 4.46.